The monoisotopic (exact) mass is 374 g/mol. The topological polar surface area (TPSA) is 50.2 Å². The van der Waals surface area contributed by atoms with Crippen molar-refractivity contribution in [1.29, 1.82) is 0 Å². The van der Waals surface area contributed by atoms with E-state index in [9.17, 15) is 4.79 Å². The molecule has 26 heavy (non-hydrogen) atoms. The SMILES string of the molecule is Cc1ccc(-n2nc(C(=O)N(C)C3CCNC3)c3c2CCCC3)cc1.Cl. The van der Waals surface area contributed by atoms with Crippen LogP contribution in [0.1, 0.15) is 46.6 Å². The fourth-order valence-electron chi connectivity index (χ4n) is 3.97. The summed E-state index contributed by atoms with van der Waals surface area (Å²) in [6, 6.07) is 8.66. The Balaban J connectivity index is 0.00000196. The summed E-state index contributed by atoms with van der Waals surface area (Å²) in [5, 5.41) is 8.13. The third-order valence-corrected chi connectivity index (χ3v) is 5.56. The average molecular weight is 375 g/mol. The fraction of sp³-hybridized carbons (Fsp3) is 0.500. The predicted octanol–water partition coefficient (Wildman–Crippen LogP) is 2.92. The van der Waals surface area contributed by atoms with Crippen molar-refractivity contribution in [2.24, 2.45) is 0 Å². The van der Waals surface area contributed by atoms with Crippen LogP contribution in [-0.2, 0) is 12.8 Å². The maximum Gasteiger partial charge on any atom is 0.274 e. The maximum absolute atomic E-state index is 13.1. The van der Waals surface area contributed by atoms with Crippen LogP contribution in [0.4, 0.5) is 0 Å². The number of fused-ring (bicyclic) bond motifs is 1. The van der Waals surface area contributed by atoms with Gasteiger partial charge in [0.25, 0.3) is 5.91 Å². The first kappa shape index (κ1) is 18.9. The highest BCUT2D eigenvalue weighted by Gasteiger charge is 2.30. The summed E-state index contributed by atoms with van der Waals surface area (Å²) in [5.41, 5.74) is 5.32. The number of rotatable bonds is 3. The van der Waals surface area contributed by atoms with Gasteiger partial charge in [0.1, 0.15) is 0 Å². The summed E-state index contributed by atoms with van der Waals surface area (Å²) in [6.07, 6.45) is 5.28. The first-order valence-electron chi connectivity index (χ1n) is 9.31. The number of nitrogens with zero attached hydrogens (tertiary/aromatic N) is 3. The Kier molecular flexibility index (Phi) is 5.68. The standard InChI is InChI=1S/C20H26N4O.ClH/c1-14-7-9-15(10-8-14)24-18-6-4-3-5-17(18)19(22-24)20(25)23(2)16-11-12-21-13-16;/h7-10,16,21H,3-6,11-13H2,1-2H3;1H. The van der Waals surface area contributed by atoms with Crippen LogP contribution in [0.15, 0.2) is 24.3 Å². The van der Waals surface area contributed by atoms with Gasteiger partial charge < -0.3 is 10.2 Å². The number of hydrogen-bond acceptors (Lipinski definition) is 3. The van der Waals surface area contributed by atoms with Crippen molar-refractivity contribution in [1.82, 2.24) is 20.0 Å². The van der Waals surface area contributed by atoms with E-state index in [0.717, 1.165) is 50.0 Å². The summed E-state index contributed by atoms with van der Waals surface area (Å²) in [6.45, 7) is 3.95. The highest BCUT2D eigenvalue weighted by Crippen LogP contribution is 2.28. The lowest BCUT2D eigenvalue weighted by Gasteiger charge is -2.23. The Labute approximate surface area is 161 Å². The van der Waals surface area contributed by atoms with E-state index in [4.69, 9.17) is 5.10 Å². The van der Waals surface area contributed by atoms with Crippen molar-refractivity contribution in [2.75, 3.05) is 20.1 Å². The Morgan fingerprint density at radius 1 is 1.23 bits per heavy atom. The van der Waals surface area contributed by atoms with Gasteiger partial charge in [-0.2, -0.15) is 5.10 Å². The molecule has 1 aromatic heterocycles. The van der Waals surface area contributed by atoms with Crippen LogP contribution in [0.2, 0.25) is 0 Å². The Morgan fingerprint density at radius 3 is 2.65 bits per heavy atom. The average Bonchev–Trinajstić information content (AvgIpc) is 3.29. The second kappa shape index (κ2) is 7.80. The predicted molar refractivity (Wildman–Crippen MR) is 106 cm³/mol. The summed E-state index contributed by atoms with van der Waals surface area (Å²) in [5.74, 6) is 0.0673. The molecule has 0 bridgehead atoms. The Morgan fingerprint density at radius 2 is 1.96 bits per heavy atom. The molecule has 1 aliphatic heterocycles. The van der Waals surface area contributed by atoms with Crippen LogP contribution >= 0.6 is 12.4 Å². The van der Waals surface area contributed by atoms with E-state index < -0.39 is 0 Å². The van der Waals surface area contributed by atoms with Crippen molar-refractivity contribution >= 4 is 18.3 Å². The molecule has 1 amide bonds. The third kappa shape index (κ3) is 3.38. The van der Waals surface area contributed by atoms with E-state index >= 15 is 0 Å². The zero-order valence-corrected chi connectivity index (χ0v) is 16.3. The Bertz CT molecular complexity index is 778. The molecule has 1 unspecified atom stereocenters. The molecule has 2 aromatic rings. The zero-order valence-electron chi connectivity index (χ0n) is 15.5. The number of carbonyl (C=O) groups excluding carboxylic acids is 1. The number of carbonyl (C=O) groups is 1. The molecule has 2 heterocycles. The number of halogens is 1. The van der Waals surface area contributed by atoms with Crippen LogP contribution in [0.5, 0.6) is 0 Å². The van der Waals surface area contributed by atoms with E-state index in [0.29, 0.717) is 5.69 Å². The number of amides is 1. The van der Waals surface area contributed by atoms with E-state index in [1.54, 1.807) is 0 Å². The van der Waals surface area contributed by atoms with Gasteiger partial charge in [0, 0.05) is 30.9 Å². The van der Waals surface area contributed by atoms with E-state index in [1.165, 1.54) is 17.7 Å². The highest BCUT2D eigenvalue weighted by molar-refractivity contribution is 5.94. The normalized spacial score (nSPS) is 18.9. The maximum atomic E-state index is 13.1. The number of aryl methyl sites for hydroxylation is 1. The zero-order chi connectivity index (χ0) is 17.4. The van der Waals surface area contributed by atoms with Crippen molar-refractivity contribution in [3.63, 3.8) is 0 Å². The van der Waals surface area contributed by atoms with Crippen LogP contribution in [-0.4, -0.2) is 46.8 Å². The van der Waals surface area contributed by atoms with Gasteiger partial charge in [-0.1, -0.05) is 17.7 Å². The smallest absolute Gasteiger partial charge is 0.274 e. The molecule has 0 spiro atoms. The molecule has 140 valence electrons. The molecule has 1 aromatic carbocycles. The molecule has 4 rings (SSSR count). The van der Waals surface area contributed by atoms with Gasteiger partial charge in [-0.25, -0.2) is 4.68 Å². The van der Waals surface area contributed by atoms with E-state index in [2.05, 4.69) is 36.5 Å². The molecular weight excluding hydrogens is 348 g/mol. The molecule has 1 aliphatic carbocycles. The van der Waals surface area contributed by atoms with Crippen molar-refractivity contribution in [3.8, 4) is 5.69 Å². The van der Waals surface area contributed by atoms with Gasteiger partial charge in [-0.05, 0) is 57.7 Å². The van der Waals surface area contributed by atoms with Crippen molar-refractivity contribution in [2.45, 2.75) is 45.1 Å². The number of likely N-dealkylation sites (N-methyl/N-ethyl adjacent to an activating group) is 1. The third-order valence-electron chi connectivity index (χ3n) is 5.56. The molecule has 1 fully saturated rings. The van der Waals surface area contributed by atoms with Crippen LogP contribution in [0.25, 0.3) is 5.69 Å². The molecule has 1 atom stereocenters. The van der Waals surface area contributed by atoms with Crippen LogP contribution < -0.4 is 5.32 Å². The first-order valence-corrected chi connectivity index (χ1v) is 9.31. The van der Waals surface area contributed by atoms with E-state index in [1.807, 2.05) is 16.6 Å². The van der Waals surface area contributed by atoms with Gasteiger partial charge in [-0.3, -0.25) is 4.79 Å². The van der Waals surface area contributed by atoms with Crippen LogP contribution in [0, 0.1) is 6.92 Å². The lowest BCUT2D eigenvalue weighted by molar-refractivity contribution is 0.0736. The number of nitrogens with one attached hydrogen (secondary N) is 1. The molecule has 6 heteroatoms. The number of benzene rings is 1. The fourth-order valence-corrected chi connectivity index (χ4v) is 3.97. The summed E-state index contributed by atoms with van der Waals surface area (Å²) >= 11 is 0. The summed E-state index contributed by atoms with van der Waals surface area (Å²) < 4.78 is 2.00. The largest absolute Gasteiger partial charge is 0.336 e. The van der Waals surface area contributed by atoms with E-state index in [-0.39, 0.29) is 24.4 Å². The van der Waals surface area contributed by atoms with Gasteiger partial charge in [-0.15, -0.1) is 12.4 Å². The highest BCUT2D eigenvalue weighted by atomic mass is 35.5. The molecular formula is C20H27ClN4O. The molecule has 0 saturated carbocycles. The molecule has 2 aliphatic rings. The molecule has 0 radical (unpaired) electrons. The molecule has 1 N–H and O–H groups in total. The number of aromatic nitrogens is 2. The second-order valence-electron chi connectivity index (χ2n) is 7.29. The summed E-state index contributed by atoms with van der Waals surface area (Å²) in [7, 11) is 1.92. The van der Waals surface area contributed by atoms with Gasteiger partial charge in [0.05, 0.1) is 5.69 Å². The van der Waals surface area contributed by atoms with Gasteiger partial charge >= 0.3 is 0 Å². The lowest BCUT2D eigenvalue weighted by Crippen LogP contribution is -2.39. The Hall–Kier alpha value is -1.85. The molecule has 5 nitrogen and oxygen atoms in total. The van der Waals surface area contributed by atoms with Crippen molar-refractivity contribution < 1.29 is 4.79 Å². The van der Waals surface area contributed by atoms with Crippen LogP contribution in [0.3, 0.4) is 0 Å². The summed E-state index contributed by atoms with van der Waals surface area (Å²) in [4.78, 5) is 15.0. The second-order valence-corrected chi connectivity index (χ2v) is 7.29. The van der Waals surface area contributed by atoms with Gasteiger partial charge in [0.15, 0.2) is 5.69 Å². The molecule has 1 saturated heterocycles. The van der Waals surface area contributed by atoms with Gasteiger partial charge in [0.2, 0.25) is 0 Å². The lowest BCUT2D eigenvalue weighted by atomic mass is 9.95. The van der Waals surface area contributed by atoms with Crippen molar-refractivity contribution in [3.05, 3.63) is 46.8 Å². The quantitative estimate of drug-likeness (QED) is 0.898. The minimum atomic E-state index is 0. The first-order chi connectivity index (χ1) is 12.1. The number of hydrogen-bond donors (Lipinski definition) is 1. The minimum absolute atomic E-state index is 0. The minimum Gasteiger partial charge on any atom is -0.336 e.